The molecule has 2 aromatic carbocycles. The Morgan fingerprint density at radius 1 is 0.636 bits per heavy atom. The van der Waals surface area contributed by atoms with Crippen LogP contribution in [0.4, 0.5) is 17.5 Å². The number of piperidine rings is 1. The van der Waals surface area contributed by atoms with E-state index in [0.717, 1.165) is 67.8 Å². The first-order valence-corrected chi connectivity index (χ1v) is 12.1. The van der Waals surface area contributed by atoms with Gasteiger partial charge in [-0.2, -0.15) is 4.98 Å². The Morgan fingerprint density at radius 2 is 1.30 bits per heavy atom. The molecule has 6 nitrogen and oxygen atoms in total. The Morgan fingerprint density at radius 3 is 2.03 bits per heavy atom. The third kappa shape index (κ3) is 4.01. The summed E-state index contributed by atoms with van der Waals surface area (Å²) in [6.45, 7) is 5.94. The van der Waals surface area contributed by atoms with Crippen molar-refractivity contribution in [1.29, 1.82) is 0 Å². The highest BCUT2D eigenvalue weighted by molar-refractivity contribution is 5.92. The van der Waals surface area contributed by atoms with Crippen LogP contribution in [0.5, 0.6) is 0 Å². The zero-order chi connectivity index (χ0) is 22.0. The number of nitrogens with one attached hydrogen (secondary N) is 1. The lowest BCUT2D eigenvalue weighted by Crippen LogP contribution is -2.47. The molecule has 2 fully saturated rings. The summed E-state index contributed by atoms with van der Waals surface area (Å²) in [7, 11) is 0. The van der Waals surface area contributed by atoms with Crippen LogP contribution in [0.3, 0.4) is 0 Å². The second-order valence-electron chi connectivity index (χ2n) is 9.01. The van der Waals surface area contributed by atoms with Crippen LogP contribution in [0, 0.1) is 0 Å². The number of hydrogen-bond donors (Lipinski definition) is 1. The molecule has 0 atom stereocenters. The van der Waals surface area contributed by atoms with E-state index in [0.29, 0.717) is 0 Å². The van der Waals surface area contributed by atoms with Crippen LogP contribution in [0.2, 0.25) is 0 Å². The first-order valence-electron chi connectivity index (χ1n) is 12.1. The molecule has 4 aromatic rings. The smallest absolute Gasteiger partial charge is 0.228 e. The van der Waals surface area contributed by atoms with Crippen molar-refractivity contribution >= 4 is 28.5 Å². The first kappa shape index (κ1) is 20.1. The van der Waals surface area contributed by atoms with E-state index in [2.05, 4.69) is 86.4 Å². The van der Waals surface area contributed by atoms with Crippen LogP contribution in [0.15, 0.2) is 66.7 Å². The highest BCUT2D eigenvalue weighted by Gasteiger charge is 2.24. The SMILES string of the molecule is c1ccc(-c2cc3nc(N4CCN(c5ccccc5)CC4)nc(N4CCCCC4)c3[nH]2)cc1. The van der Waals surface area contributed by atoms with Crippen molar-refractivity contribution in [2.45, 2.75) is 19.3 Å². The minimum absolute atomic E-state index is 0.856. The molecule has 0 bridgehead atoms. The number of hydrogen-bond acceptors (Lipinski definition) is 5. The van der Waals surface area contributed by atoms with E-state index in [4.69, 9.17) is 9.97 Å². The van der Waals surface area contributed by atoms with Crippen LogP contribution in [-0.4, -0.2) is 54.2 Å². The zero-order valence-corrected chi connectivity index (χ0v) is 19.0. The van der Waals surface area contributed by atoms with Gasteiger partial charge >= 0.3 is 0 Å². The van der Waals surface area contributed by atoms with E-state index in [1.165, 1.54) is 30.5 Å². The lowest BCUT2D eigenvalue weighted by atomic mass is 10.1. The molecule has 1 N–H and O–H groups in total. The molecule has 168 valence electrons. The molecular weight excluding hydrogens is 408 g/mol. The monoisotopic (exact) mass is 438 g/mol. The van der Waals surface area contributed by atoms with Crippen molar-refractivity contribution in [2.24, 2.45) is 0 Å². The van der Waals surface area contributed by atoms with E-state index in [1.807, 2.05) is 0 Å². The Kier molecular flexibility index (Phi) is 5.34. The predicted molar refractivity (Wildman–Crippen MR) is 136 cm³/mol. The highest BCUT2D eigenvalue weighted by Crippen LogP contribution is 2.32. The van der Waals surface area contributed by atoms with Gasteiger partial charge in [0.05, 0.1) is 5.52 Å². The number of aromatic nitrogens is 3. The third-order valence-electron chi connectivity index (χ3n) is 6.87. The lowest BCUT2D eigenvalue weighted by Gasteiger charge is -2.36. The summed E-state index contributed by atoms with van der Waals surface area (Å²) in [6, 6.07) is 23.4. The average molecular weight is 439 g/mol. The lowest BCUT2D eigenvalue weighted by molar-refractivity contribution is 0.573. The second kappa shape index (κ2) is 8.77. The summed E-state index contributed by atoms with van der Waals surface area (Å²) in [4.78, 5) is 21.1. The van der Waals surface area contributed by atoms with Gasteiger partial charge in [-0.1, -0.05) is 48.5 Å². The van der Waals surface area contributed by atoms with E-state index in [1.54, 1.807) is 0 Å². The molecule has 2 aliphatic rings. The molecule has 2 saturated heterocycles. The quantitative estimate of drug-likeness (QED) is 0.489. The van der Waals surface area contributed by atoms with Crippen LogP contribution in [-0.2, 0) is 0 Å². The molecule has 2 aliphatic heterocycles. The minimum Gasteiger partial charge on any atom is -0.368 e. The van der Waals surface area contributed by atoms with Crippen molar-refractivity contribution in [3.8, 4) is 11.3 Å². The molecule has 2 aromatic heterocycles. The summed E-state index contributed by atoms with van der Waals surface area (Å²) in [5.74, 6) is 1.91. The fraction of sp³-hybridized carbons (Fsp3) is 0.333. The molecule has 0 amide bonds. The Labute approximate surface area is 194 Å². The fourth-order valence-electron chi connectivity index (χ4n) is 5.04. The van der Waals surface area contributed by atoms with Crippen molar-refractivity contribution < 1.29 is 0 Å². The zero-order valence-electron chi connectivity index (χ0n) is 19.0. The molecule has 0 saturated carbocycles. The maximum absolute atomic E-state index is 5.14. The molecule has 0 unspecified atom stereocenters. The Hall–Kier alpha value is -3.54. The largest absolute Gasteiger partial charge is 0.368 e. The van der Waals surface area contributed by atoms with E-state index >= 15 is 0 Å². The normalized spacial score (nSPS) is 17.0. The van der Waals surface area contributed by atoms with Gasteiger partial charge in [-0.15, -0.1) is 0 Å². The predicted octanol–water partition coefficient (Wildman–Crippen LogP) is 4.94. The average Bonchev–Trinajstić information content (AvgIpc) is 3.34. The van der Waals surface area contributed by atoms with E-state index in [9.17, 15) is 0 Å². The number of benzene rings is 2. The summed E-state index contributed by atoms with van der Waals surface area (Å²) < 4.78 is 0. The van der Waals surface area contributed by atoms with Gasteiger partial charge in [0.1, 0.15) is 5.52 Å². The Bertz CT molecular complexity index is 1210. The van der Waals surface area contributed by atoms with Gasteiger partial charge in [0.2, 0.25) is 5.95 Å². The summed E-state index contributed by atoms with van der Waals surface area (Å²) in [5, 5.41) is 0. The first-order chi connectivity index (χ1) is 16.3. The topological polar surface area (TPSA) is 51.3 Å². The van der Waals surface area contributed by atoms with Crippen molar-refractivity contribution in [3.63, 3.8) is 0 Å². The van der Waals surface area contributed by atoms with Gasteiger partial charge < -0.3 is 19.7 Å². The molecule has 0 radical (unpaired) electrons. The second-order valence-corrected chi connectivity index (χ2v) is 9.01. The van der Waals surface area contributed by atoms with Gasteiger partial charge in [0.15, 0.2) is 5.82 Å². The number of para-hydroxylation sites is 1. The molecule has 33 heavy (non-hydrogen) atoms. The number of fused-ring (bicyclic) bond motifs is 1. The summed E-state index contributed by atoms with van der Waals surface area (Å²) in [5.41, 5.74) is 5.63. The molecule has 4 heterocycles. The van der Waals surface area contributed by atoms with E-state index < -0.39 is 0 Å². The summed E-state index contributed by atoms with van der Waals surface area (Å²) >= 11 is 0. The van der Waals surface area contributed by atoms with Crippen LogP contribution in [0.1, 0.15) is 19.3 Å². The number of nitrogens with zero attached hydrogens (tertiary/aromatic N) is 5. The molecule has 0 spiro atoms. The van der Waals surface area contributed by atoms with E-state index in [-0.39, 0.29) is 0 Å². The fourth-order valence-corrected chi connectivity index (χ4v) is 5.04. The van der Waals surface area contributed by atoms with Gasteiger partial charge in [-0.25, -0.2) is 4.98 Å². The number of rotatable bonds is 4. The van der Waals surface area contributed by atoms with Crippen molar-refractivity contribution in [3.05, 3.63) is 66.7 Å². The standard InChI is InChI=1S/C27H30N6/c1-4-10-21(11-5-1)23-20-24-25(28-23)26(32-14-8-3-9-15-32)30-27(29-24)33-18-16-31(17-19-33)22-12-6-2-7-13-22/h1-2,4-7,10-13,20,28H,3,8-9,14-19H2. The Balaban J connectivity index is 1.33. The van der Waals surface area contributed by atoms with Crippen molar-refractivity contribution in [2.75, 3.05) is 54.0 Å². The van der Waals surface area contributed by atoms with Crippen LogP contribution in [0.25, 0.3) is 22.3 Å². The number of piperazine rings is 1. The third-order valence-corrected chi connectivity index (χ3v) is 6.87. The maximum atomic E-state index is 5.14. The molecule has 6 rings (SSSR count). The molecule has 0 aliphatic carbocycles. The maximum Gasteiger partial charge on any atom is 0.228 e. The number of anilines is 3. The van der Waals surface area contributed by atoms with Crippen LogP contribution >= 0.6 is 0 Å². The van der Waals surface area contributed by atoms with Gasteiger partial charge in [-0.05, 0) is 43.0 Å². The van der Waals surface area contributed by atoms with Gasteiger partial charge in [0, 0.05) is 50.6 Å². The van der Waals surface area contributed by atoms with Crippen molar-refractivity contribution in [1.82, 2.24) is 15.0 Å². The molecule has 6 heteroatoms. The number of aromatic amines is 1. The van der Waals surface area contributed by atoms with Gasteiger partial charge in [0.25, 0.3) is 0 Å². The molecular formula is C27H30N6. The van der Waals surface area contributed by atoms with Gasteiger partial charge in [-0.3, -0.25) is 0 Å². The highest BCUT2D eigenvalue weighted by atomic mass is 15.3. The van der Waals surface area contributed by atoms with Crippen LogP contribution < -0.4 is 14.7 Å². The minimum atomic E-state index is 0.856. The summed E-state index contributed by atoms with van der Waals surface area (Å²) in [6.07, 6.45) is 3.75. The number of H-pyrrole nitrogens is 1.